The van der Waals surface area contributed by atoms with Gasteiger partial charge in [-0.3, -0.25) is 4.79 Å². The van der Waals surface area contributed by atoms with Gasteiger partial charge < -0.3 is 14.5 Å². The number of methoxy groups -OCH3 is 1. The van der Waals surface area contributed by atoms with E-state index < -0.39 is 0 Å². The highest BCUT2D eigenvalue weighted by atomic mass is 16.5. The molecule has 0 amide bonds. The number of H-pyrrole nitrogens is 1. The van der Waals surface area contributed by atoms with E-state index in [9.17, 15) is 9.59 Å². The molecule has 0 saturated carbocycles. The Labute approximate surface area is 118 Å². The third-order valence-corrected chi connectivity index (χ3v) is 3.53. The van der Waals surface area contributed by atoms with E-state index in [-0.39, 0.29) is 12.4 Å². The summed E-state index contributed by atoms with van der Waals surface area (Å²) in [7, 11) is 1.39. The van der Waals surface area contributed by atoms with Crippen LogP contribution in [-0.2, 0) is 33.6 Å². The van der Waals surface area contributed by atoms with E-state index in [2.05, 4.69) is 24.0 Å². The minimum atomic E-state index is -0.264. The van der Waals surface area contributed by atoms with Crippen molar-refractivity contribution in [3.63, 3.8) is 0 Å². The lowest BCUT2D eigenvalue weighted by molar-refractivity contribution is -0.139. The molecule has 1 heterocycles. The third-order valence-electron chi connectivity index (χ3n) is 3.53. The highest BCUT2D eigenvalue weighted by molar-refractivity contribution is 5.89. The Hall–Kier alpha value is -2.10. The molecular formula is C16H19NO3. The number of rotatable bonds is 6. The second kappa shape index (κ2) is 6.37. The number of carbonyl (C=O) groups is 2. The van der Waals surface area contributed by atoms with Crippen molar-refractivity contribution in [1.82, 2.24) is 4.98 Å². The van der Waals surface area contributed by atoms with Gasteiger partial charge in [0.15, 0.2) is 0 Å². The van der Waals surface area contributed by atoms with E-state index in [0.29, 0.717) is 12.8 Å². The summed E-state index contributed by atoms with van der Waals surface area (Å²) in [5.74, 6) is -0.264. The summed E-state index contributed by atoms with van der Waals surface area (Å²) in [5.41, 5.74) is 4.13. The maximum Gasteiger partial charge on any atom is 0.310 e. The van der Waals surface area contributed by atoms with E-state index in [1.165, 1.54) is 12.7 Å². The largest absolute Gasteiger partial charge is 0.469 e. The van der Waals surface area contributed by atoms with Gasteiger partial charge in [0.05, 0.1) is 13.5 Å². The molecule has 2 aromatic rings. The van der Waals surface area contributed by atoms with Crippen LogP contribution < -0.4 is 0 Å². The standard InChI is InChI=1S/C16H19NO3/c1-3-11-6-7-15-12(9-11)13(10-16(19)20-2)14(17-15)5-4-8-18/h6-9,17H,3-5,10H2,1-2H3. The van der Waals surface area contributed by atoms with Gasteiger partial charge in [0.1, 0.15) is 6.29 Å². The molecule has 2 rings (SSSR count). The Bertz CT molecular complexity index is 628. The second-order valence-corrected chi connectivity index (χ2v) is 4.77. The number of fused-ring (bicyclic) bond motifs is 1. The lowest BCUT2D eigenvalue weighted by Crippen LogP contribution is -2.06. The highest BCUT2D eigenvalue weighted by Crippen LogP contribution is 2.25. The first kappa shape index (κ1) is 14.3. The van der Waals surface area contributed by atoms with E-state index >= 15 is 0 Å². The van der Waals surface area contributed by atoms with E-state index in [1.54, 1.807) is 0 Å². The molecular weight excluding hydrogens is 254 g/mol. The average molecular weight is 273 g/mol. The first-order chi connectivity index (χ1) is 9.69. The number of aromatic amines is 1. The number of carbonyl (C=O) groups excluding carboxylic acids is 2. The molecule has 4 heteroatoms. The number of aromatic nitrogens is 1. The van der Waals surface area contributed by atoms with Crippen LogP contribution in [0.15, 0.2) is 18.2 Å². The maximum absolute atomic E-state index is 11.6. The predicted octanol–water partition coefficient (Wildman–Crippen LogP) is 2.58. The summed E-state index contributed by atoms with van der Waals surface area (Å²) in [6.45, 7) is 2.10. The van der Waals surface area contributed by atoms with Crippen LogP contribution in [0.5, 0.6) is 0 Å². The van der Waals surface area contributed by atoms with Gasteiger partial charge in [-0.2, -0.15) is 0 Å². The van der Waals surface area contributed by atoms with Crippen LogP contribution in [0, 0.1) is 0 Å². The summed E-state index contributed by atoms with van der Waals surface area (Å²) < 4.78 is 4.77. The van der Waals surface area contributed by atoms with Gasteiger partial charge in [-0.15, -0.1) is 0 Å². The second-order valence-electron chi connectivity index (χ2n) is 4.77. The van der Waals surface area contributed by atoms with Crippen LogP contribution in [0.25, 0.3) is 10.9 Å². The van der Waals surface area contributed by atoms with Crippen LogP contribution in [0.2, 0.25) is 0 Å². The lowest BCUT2D eigenvalue weighted by atomic mass is 10.0. The fourth-order valence-corrected chi connectivity index (χ4v) is 2.41. The van der Waals surface area contributed by atoms with E-state index in [4.69, 9.17) is 4.74 Å². The van der Waals surface area contributed by atoms with Crippen molar-refractivity contribution in [3.8, 4) is 0 Å². The van der Waals surface area contributed by atoms with Crippen LogP contribution in [0.3, 0.4) is 0 Å². The van der Waals surface area contributed by atoms with Gasteiger partial charge in [-0.25, -0.2) is 0 Å². The summed E-state index contributed by atoms with van der Waals surface area (Å²) in [6.07, 6.45) is 3.14. The van der Waals surface area contributed by atoms with Crippen molar-refractivity contribution < 1.29 is 14.3 Å². The topological polar surface area (TPSA) is 59.2 Å². The summed E-state index contributed by atoms with van der Waals surface area (Å²) in [4.78, 5) is 25.5. The van der Waals surface area contributed by atoms with Gasteiger partial charge >= 0.3 is 5.97 Å². The van der Waals surface area contributed by atoms with E-state index in [0.717, 1.165) is 34.9 Å². The Morgan fingerprint density at radius 1 is 1.40 bits per heavy atom. The highest BCUT2D eigenvalue weighted by Gasteiger charge is 2.15. The fraction of sp³-hybridized carbons (Fsp3) is 0.375. The van der Waals surface area contributed by atoms with Crippen LogP contribution in [-0.4, -0.2) is 24.3 Å². The molecule has 1 aromatic heterocycles. The predicted molar refractivity (Wildman–Crippen MR) is 77.8 cm³/mol. The zero-order valence-electron chi connectivity index (χ0n) is 11.9. The summed E-state index contributed by atoms with van der Waals surface area (Å²) in [5, 5.41) is 1.05. The van der Waals surface area contributed by atoms with Crippen molar-refractivity contribution in [1.29, 1.82) is 0 Å². The van der Waals surface area contributed by atoms with Gasteiger partial charge in [-0.1, -0.05) is 13.0 Å². The molecule has 0 atom stereocenters. The molecule has 1 N–H and O–H groups in total. The summed E-state index contributed by atoms with van der Waals surface area (Å²) in [6, 6.07) is 6.21. The molecule has 20 heavy (non-hydrogen) atoms. The van der Waals surface area contributed by atoms with Crippen molar-refractivity contribution in [2.24, 2.45) is 0 Å². The lowest BCUT2D eigenvalue weighted by Gasteiger charge is -2.03. The monoisotopic (exact) mass is 273 g/mol. The number of benzene rings is 1. The first-order valence-corrected chi connectivity index (χ1v) is 6.82. The van der Waals surface area contributed by atoms with Crippen molar-refractivity contribution in [3.05, 3.63) is 35.0 Å². The van der Waals surface area contributed by atoms with Crippen LogP contribution in [0.4, 0.5) is 0 Å². The fourth-order valence-electron chi connectivity index (χ4n) is 2.41. The number of esters is 1. The molecule has 0 spiro atoms. The molecule has 1 aromatic carbocycles. The number of hydrogen-bond acceptors (Lipinski definition) is 3. The Morgan fingerprint density at radius 2 is 2.20 bits per heavy atom. The molecule has 0 aliphatic carbocycles. The molecule has 4 nitrogen and oxygen atoms in total. The van der Waals surface area contributed by atoms with E-state index in [1.807, 2.05) is 6.07 Å². The molecule has 106 valence electrons. The Kier molecular flexibility index (Phi) is 4.56. The SMILES string of the molecule is CCc1ccc2[nH]c(CCC=O)c(CC(=O)OC)c2c1. The Balaban J connectivity index is 2.49. The Morgan fingerprint density at radius 3 is 2.85 bits per heavy atom. The first-order valence-electron chi connectivity index (χ1n) is 6.82. The number of ether oxygens (including phenoxy) is 1. The third kappa shape index (κ3) is 2.90. The van der Waals surface area contributed by atoms with Crippen LogP contribution >= 0.6 is 0 Å². The maximum atomic E-state index is 11.6. The minimum Gasteiger partial charge on any atom is -0.469 e. The zero-order chi connectivity index (χ0) is 14.5. The smallest absolute Gasteiger partial charge is 0.310 e. The number of aldehydes is 1. The molecule has 0 aliphatic rings. The minimum absolute atomic E-state index is 0.234. The van der Waals surface area contributed by atoms with Crippen molar-refractivity contribution >= 4 is 23.2 Å². The molecule has 0 saturated heterocycles. The number of aryl methyl sites for hydroxylation is 2. The normalized spacial score (nSPS) is 10.7. The van der Waals surface area contributed by atoms with Gasteiger partial charge in [-0.05, 0) is 36.1 Å². The number of hydrogen-bond donors (Lipinski definition) is 1. The molecule has 0 fully saturated rings. The molecule has 0 bridgehead atoms. The molecule has 0 unspecified atom stereocenters. The van der Waals surface area contributed by atoms with Gasteiger partial charge in [0, 0.05) is 23.0 Å². The summed E-state index contributed by atoms with van der Waals surface area (Å²) >= 11 is 0. The quantitative estimate of drug-likeness (QED) is 0.650. The average Bonchev–Trinajstić information content (AvgIpc) is 2.81. The van der Waals surface area contributed by atoms with Gasteiger partial charge in [0.25, 0.3) is 0 Å². The molecule has 0 radical (unpaired) electrons. The zero-order valence-corrected chi connectivity index (χ0v) is 11.9. The van der Waals surface area contributed by atoms with Crippen molar-refractivity contribution in [2.75, 3.05) is 7.11 Å². The van der Waals surface area contributed by atoms with Crippen molar-refractivity contribution in [2.45, 2.75) is 32.6 Å². The van der Waals surface area contributed by atoms with Gasteiger partial charge in [0.2, 0.25) is 0 Å². The van der Waals surface area contributed by atoms with Crippen LogP contribution in [0.1, 0.15) is 30.2 Å². The molecule has 0 aliphatic heterocycles. The number of nitrogens with one attached hydrogen (secondary N) is 1.